The quantitative estimate of drug-likeness (QED) is 0.882. The number of hydrogen-bond acceptors (Lipinski definition) is 5. The first kappa shape index (κ1) is 14.3. The summed E-state index contributed by atoms with van der Waals surface area (Å²) in [5.74, 6) is 0.398. The van der Waals surface area contributed by atoms with Crippen molar-refractivity contribution in [2.75, 3.05) is 31.9 Å². The Morgan fingerprint density at radius 3 is 2.90 bits per heavy atom. The first-order valence-electron chi connectivity index (χ1n) is 7.72. The maximum atomic E-state index is 12.7. The molecule has 0 radical (unpaired) electrons. The number of nitrogen functional groups attached to an aromatic ring is 1. The van der Waals surface area contributed by atoms with E-state index < -0.39 is 0 Å². The highest BCUT2D eigenvalue weighted by atomic mass is 16.2. The van der Waals surface area contributed by atoms with Gasteiger partial charge in [0.05, 0.1) is 0 Å². The van der Waals surface area contributed by atoms with Gasteiger partial charge in [-0.15, -0.1) is 0 Å². The molecule has 2 fully saturated rings. The lowest BCUT2D eigenvalue weighted by Crippen LogP contribution is -2.52. The number of anilines is 1. The third-order valence-electron chi connectivity index (χ3n) is 4.45. The van der Waals surface area contributed by atoms with Gasteiger partial charge < -0.3 is 10.6 Å². The predicted octanol–water partition coefficient (Wildman–Crippen LogP) is 1.10. The maximum Gasteiger partial charge on any atom is 0.272 e. The van der Waals surface area contributed by atoms with Gasteiger partial charge in [-0.1, -0.05) is 13.8 Å². The van der Waals surface area contributed by atoms with Crippen LogP contribution in [0, 0.1) is 0 Å². The highest BCUT2D eigenvalue weighted by molar-refractivity contribution is 5.92. The highest BCUT2D eigenvalue weighted by Crippen LogP contribution is 2.23. The fourth-order valence-corrected chi connectivity index (χ4v) is 3.23. The number of amides is 1. The lowest BCUT2D eigenvalue weighted by Gasteiger charge is -2.37. The van der Waals surface area contributed by atoms with E-state index in [-0.39, 0.29) is 17.8 Å². The Labute approximate surface area is 125 Å². The molecule has 0 bridgehead atoms. The second-order valence-corrected chi connectivity index (χ2v) is 6.27. The number of fused-ring (bicyclic) bond motifs is 1. The van der Waals surface area contributed by atoms with E-state index in [2.05, 4.69) is 14.9 Å². The van der Waals surface area contributed by atoms with Gasteiger partial charge in [0.25, 0.3) is 5.91 Å². The minimum absolute atomic E-state index is 0.0162. The molecule has 2 aliphatic rings. The molecule has 0 spiro atoms. The van der Waals surface area contributed by atoms with Crippen molar-refractivity contribution >= 4 is 11.9 Å². The summed E-state index contributed by atoms with van der Waals surface area (Å²) in [5, 5.41) is 0. The molecule has 114 valence electrons. The third-order valence-corrected chi connectivity index (χ3v) is 4.45. The minimum atomic E-state index is -0.0162. The molecule has 0 aromatic carbocycles. The van der Waals surface area contributed by atoms with Crippen LogP contribution in [0.4, 0.5) is 5.95 Å². The van der Waals surface area contributed by atoms with E-state index in [0.717, 1.165) is 25.3 Å². The monoisotopic (exact) mass is 289 g/mol. The Bertz CT molecular complexity index is 545. The van der Waals surface area contributed by atoms with Gasteiger partial charge in [-0.3, -0.25) is 9.69 Å². The molecule has 2 N–H and O–H groups in total. The second-order valence-electron chi connectivity index (χ2n) is 6.27. The zero-order valence-electron chi connectivity index (χ0n) is 12.7. The van der Waals surface area contributed by atoms with Crippen LogP contribution < -0.4 is 5.73 Å². The van der Waals surface area contributed by atoms with E-state index in [1.54, 1.807) is 6.07 Å². The van der Waals surface area contributed by atoms with Crippen molar-refractivity contribution in [3.63, 3.8) is 0 Å². The van der Waals surface area contributed by atoms with Crippen LogP contribution in [-0.4, -0.2) is 57.9 Å². The number of hydrogen-bond donors (Lipinski definition) is 1. The average Bonchev–Trinajstić information content (AvgIpc) is 2.93. The van der Waals surface area contributed by atoms with E-state index in [4.69, 9.17) is 5.73 Å². The van der Waals surface area contributed by atoms with Gasteiger partial charge in [0.15, 0.2) is 0 Å². The number of aromatic nitrogens is 2. The summed E-state index contributed by atoms with van der Waals surface area (Å²) >= 11 is 0. The molecule has 0 unspecified atom stereocenters. The van der Waals surface area contributed by atoms with Crippen LogP contribution in [0.2, 0.25) is 0 Å². The molecule has 1 atom stereocenters. The Balaban J connectivity index is 1.78. The minimum Gasteiger partial charge on any atom is -0.368 e. The molecule has 1 aromatic rings. The summed E-state index contributed by atoms with van der Waals surface area (Å²) in [6.07, 6.45) is 2.43. The van der Waals surface area contributed by atoms with E-state index in [1.165, 1.54) is 19.4 Å². The van der Waals surface area contributed by atoms with Gasteiger partial charge >= 0.3 is 0 Å². The number of carbonyl (C=O) groups is 1. The lowest BCUT2D eigenvalue weighted by atomic mass is 10.1. The maximum absolute atomic E-state index is 12.7. The fraction of sp³-hybridized carbons (Fsp3) is 0.667. The normalized spacial score (nSPS) is 22.6. The van der Waals surface area contributed by atoms with Gasteiger partial charge in [-0.05, 0) is 31.4 Å². The highest BCUT2D eigenvalue weighted by Gasteiger charge is 2.33. The first-order chi connectivity index (χ1) is 10.0. The largest absolute Gasteiger partial charge is 0.368 e. The van der Waals surface area contributed by atoms with Crippen molar-refractivity contribution in [1.82, 2.24) is 19.8 Å². The van der Waals surface area contributed by atoms with Crippen LogP contribution >= 0.6 is 0 Å². The summed E-state index contributed by atoms with van der Waals surface area (Å²) in [6.45, 7) is 7.79. The van der Waals surface area contributed by atoms with Crippen molar-refractivity contribution in [3.8, 4) is 0 Å². The lowest BCUT2D eigenvalue weighted by molar-refractivity contribution is 0.0565. The number of nitrogens with two attached hydrogens (primary N) is 1. The summed E-state index contributed by atoms with van der Waals surface area (Å²) in [4.78, 5) is 25.4. The summed E-state index contributed by atoms with van der Waals surface area (Å²) < 4.78 is 0. The standard InChI is InChI=1S/C15H23N5O/c1-10(2)12-8-13(18-15(16)17-12)14(21)20-7-6-19-5-3-4-11(19)9-20/h8,10-11H,3-7,9H2,1-2H3,(H2,16,17,18)/t11-/m1/s1. The number of nitrogens with zero attached hydrogens (tertiary/aromatic N) is 4. The molecule has 6 nitrogen and oxygen atoms in total. The number of carbonyl (C=O) groups excluding carboxylic acids is 1. The first-order valence-corrected chi connectivity index (χ1v) is 7.72. The molecular formula is C15H23N5O. The van der Waals surface area contributed by atoms with E-state index in [9.17, 15) is 4.79 Å². The Kier molecular flexibility index (Phi) is 3.80. The van der Waals surface area contributed by atoms with Crippen molar-refractivity contribution < 1.29 is 4.79 Å². The van der Waals surface area contributed by atoms with E-state index in [1.807, 2.05) is 18.7 Å². The van der Waals surface area contributed by atoms with E-state index in [0.29, 0.717) is 11.7 Å². The van der Waals surface area contributed by atoms with Crippen LogP contribution in [0.5, 0.6) is 0 Å². The fourth-order valence-electron chi connectivity index (χ4n) is 3.23. The Morgan fingerprint density at radius 2 is 2.14 bits per heavy atom. The molecule has 1 amide bonds. The SMILES string of the molecule is CC(C)c1cc(C(=O)N2CCN3CCC[C@@H]3C2)nc(N)n1. The van der Waals surface area contributed by atoms with Crippen molar-refractivity contribution in [1.29, 1.82) is 0 Å². The molecular weight excluding hydrogens is 266 g/mol. The van der Waals surface area contributed by atoms with Gasteiger partial charge in [0.1, 0.15) is 5.69 Å². The summed E-state index contributed by atoms with van der Waals surface area (Å²) in [7, 11) is 0. The summed E-state index contributed by atoms with van der Waals surface area (Å²) in [6, 6.07) is 2.30. The van der Waals surface area contributed by atoms with Gasteiger partial charge in [-0.25, -0.2) is 9.97 Å². The van der Waals surface area contributed by atoms with Crippen LogP contribution in [0.15, 0.2) is 6.07 Å². The Morgan fingerprint density at radius 1 is 1.33 bits per heavy atom. The molecule has 2 saturated heterocycles. The average molecular weight is 289 g/mol. The predicted molar refractivity (Wildman–Crippen MR) is 81.0 cm³/mol. The zero-order chi connectivity index (χ0) is 15.0. The number of rotatable bonds is 2. The Hall–Kier alpha value is -1.69. The third kappa shape index (κ3) is 2.85. The summed E-state index contributed by atoms with van der Waals surface area (Å²) in [5.41, 5.74) is 7.00. The van der Waals surface area contributed by atoms with Crippen LogP contribution in [0.25, 0.3) is 0 Å². The van der Waals surface area contributed by atoms with Gasteiger partial charge in [0, 0.05) is 31.4 Å². The number of piperazine rings is 1. The van der Waals surface area contributed by atoms with Crippen molar-refractivity contribution in [2.45, 2.75) is 38.6 Å². The van der Waals surface area contributed by atoms with Gasteiger partial charge in [0.2, 0.25) is 5.95 Å². The molecule has 0 saturated carbocycles. The van der Waals surface area contributed by atoms with Crippen LogP contribution in [-0.2, 0) is 0 Å². The molecule has 6 heteroatoms. The van der Waals surface area contributed by atoms with Crippen molar-refractivity contribution in [3.05, 3.63) is 17.5 Å². The van der Waals surface area contributed by atoms with E-state index >= 15 is 0 Å². The smallest absolute Gasteiger partial charge is 0.272 e. The zero-order valence-corrected chi connectivity index (χ0v) is 12.7. The topological polar surface area (TPSA) is 75.4 Å². The van der Waals surface area contributed by atoms with Gasteiger partial charge in [-0.2, -0.15) is 0 Å². The van der Waals surface area contributed by atoms with Crippen LogP contribution in [0.3, 0.4) is 0 Å². The van der Waals surface area contributed by atoms with Crippen LogP contribution in [0.1, 0.15) is 48.8 Å². The van der Waals surface area contributed by atoms with Crippen molar-refractivity contribution in [2.24, 2.45) is 0 Å². The molecule has 1 aromatic heterocycles. The molecule has 0 aliphatic carbocycles. The molecule has 21 heavy (non-hydrogen) atoms. The second kappa shape index (κ2) is 5.60. The molecule has 2 aliphatic heterocycles. The molecule has 3 rings (SSSR count). The molecule has 3 heterocycles.